The van der Waals surface area contributed by atoms with E-state index in [4.69, 9.17) is 16.0 Å². The van der Waals surface area contributed by atoms with E-state index >= 15 is 0 Å². The standard InChI is InChI=1S/C17H13ClN4OS3/c18-12-5-3-11(4-6-12)15-20-13(9-24-15)10-25-17-22-21-16(26-17)19-8-14-2-1-7-23-14/h1-7,9H,8,10H2,(H,19,21). The number of thioether (sulfide) groups is 1. The van der Waals surface area contributed by atoms with Crippen molar-refractivity contribution in [3.63, 3.8) is 0 Å². The largest absolute Gasteiger partial charge is 0.467 e. The number of aromatic nitrogens is 3. The molecular weight excluding hydrogens is 408 g/mol. The molecule has 3 aromatic heterocycles. The van der Waals surface area contributed by atoms with E-state index in [0.29, 0.717) is 6.54 Å². The molecule has 0 atom stereocenters. The lowest BCUT2D eigenvalue weighted by molar-refractivity contribution is 0.518. The van der Waals surface area contributed by atoms with E-state index in [2.05, 4.69) is 25.9 Å². The Morgan fingerprint density at radius 3 is 2.85 bits per heavy atom. The summed E-state index contributed by atoms with van der Waals surface area (Å²) in [6.45, 7) is 0.600. The number of furan rings is 1. The highest BCUT2D eigenvalue weighted by atomic mass is 35.5. The molecule has 26 heavy (non-hydrogen) atoms. The summed E-state index contributed by atoms with van der Waals surface area (Å²) in [4.78, 5) is 4.69. The third-order valence-electron chi connectivity index (χ3n) is 3.39. The summed E-state index contributed by atoms with van der Waals surface area (Å²) in [7, 11) is 0. The highest BCUT2D eigenvalue weighted by Gasteiger charge is 2.09. The van der Waals surface area contributed by atoms with Gasteiger partial charge in [-0.15, -0.1) is 21.5 Å². The van der Waals surface area contributed by atoms with Gasteiger partial charge in [0, 0.05) is 21.7 Å². The van der Waals surface area contributed by atoms with Crippen molar-refractivity contribution in [2.75, 3.05) is 5.32 Å². The SMILES string of the molecule is Clc1ccc(-c2nc(CSc3nnc(NCc4ccco4)s3)cs2)cc1. The van der Waals surface area contributed by atoms with Crippen LogP contribution in [-0.2, 0) is 12.3 Å². The monoisotopic (exact) mass is 420 g/mol. The van der Waals surface area contributed by atoms with Gasteiger partial charge in [0.25, 0.3) is 0 Å². The zero-order valence-electron chi connectivity index (χ0n) is 13.4. The van der Waals surface area contributed by atoms with Crippen molar-refractivity contribution < 1.29 is 4.42 Å². The Labute approximate surface area is 167 Å². The van der Waals surface area contributed by atoms with E-state index in [1.807, 2.05) is 36.4 Å². The minimum absolute atomic E-state index is 0.600. The lowest BCUT2D eigenvalue weighted by atomic mass is 10.2. The van der Waals surface area contributed by atoms with E-state index < -0.39 is 0 Å². The summed E-state index contributed by atoms with van der Waals surface area (Å²) < 4.78 is 6.20. The summed E-state index contributed by atoms with van der Waals surface area (Å²) >= 11 is 10.7. The van der Waals surface area contributed by atoms with Gasteiger partial charge >= 0.3 is 0 Å². The van der Waals surface area contributed by atoms with Crippen molar-refractivity contribution >= 4 is 51.2 Å². The van der Waals surface area contributed by atoms with Crippen LogP contribution in [0.25, 0.3) is 10.6 Å². The van der Waals surface area contributed by atoms with Gasteiger partial charge < -0.3 is 9.73 Å². The van der Waals surface area contributed by atoms with E-state index in [1.54, 1.807) is 29.4 Å². The van der Waals surface area contributed by atoms with E-state index in [0.717, 1.165) is 42.3 Å². The first-order chi connectivity index (χ1) is 12.8. The molecule has 0 radical (unpaired) electrons. The Kier molecular flexibility index (Phi) is 5.54. The fourth-order valence-corrected chi connectivity index (χ4v) is 4.85. The minimum Gasteiger partial charge on any atom is -0.467 e. The van der Waals surface area contributed by atoms with Gasteiger partial charge in [0.2, 0.25) is 5.13 Å². The number of hydrogen-bond donors (Lipinski definition) is 1. The third kappa shape index (κ3) is 4.45. The maximum atomic E-state index is 5.93. The van der Waals surface area contributed by atoms with E-state index in [9.17, 15) is 0 Å². The molecule has 0 fully saturated rings. The Morgan fingerprint density at radius 2 is 2.04 bits per heavy atom. The Morgan fingerprint density at radius 1 is 1.15 bits per heavy atom. The molecule has 0 amide bonds. The Bertz CT molecular complexity index is 966. The number of anilines is 1. The molecule has 5 nitrogen and oxygen atoms in total. The van der Waals surface area contributed by atoms with Crippen LogP contribution >= 0.6 is 46.0 Å². The average Bonchev–Trinajstić information content (AvgIpc) is 3.40. The number of nitrogens with zero attached hydrogens (tertiary/aromatic N) is 3. The highest BCUT2D eigenvalue weighted by molar-refractivity contribution is 8.00. The molecule has 0 aliphatic rings. The average molecular weight is 421 g/mol. The maximum Gasteiger partial charge on any atom is 0.206 e. The van der Waals surface area contributed by atoms with Crippen LogP contribution in [-0.4, -0.2) is 15.2 Å². The lowest BCUT2D eigenvalue weighted by Crippen LogP contribution is -1.96. The van der Waals surface area contributed by atoms with Crippen LogP contribution in [0.4, 0.5) is 5.13 Å². The molecule has 1 aromatic carbocycles. The molecule has 132 valence electrons. The second kappa shape index (κ2) is 8.22. The molecule has 0 saturated heterocycles. The molecule has 3 heterocycles. The summed E-state index contributed by atoms with van der Waals surface area (Å²) in [5.74, 6) is 1.63. The first-order valence-electron chi connectivity index (χ1n) is 7.69. The normalized spacial score (nSPS) is 11.0. The van der Waals surface area contributed by atoms with Crippen molar-refractivity contribution in [2.45, 2.75) is 16.6 Å². The summed E-state index contributed by atoms with van der Waals surface area (Å²) in [5, 5.41) is 16.2. The molecular formula is C17H13ClN4OS3. The van der Waals surface area contributed by atoms with Crippen molar-refractivity contribution in [1.29, 1.82) is 0 Å². The quantitative estimate of drug-likeness (QED) is 0.380. The van der Waals surface area contributed by atoms with Gasteiger partial charge in [-0.25, -0.2) is 4.98 Å². The van der Waals surface area contributed by atoms with Crippen LogP contribution in [0.5, 0.6) is 0 Å². The number of hydrogen-bond acceptors (Lipinski definition) is 8. The molecule has 0 bridgehead atoms. The van der Waals surface area contributed by atoms with Crippen LogP contribution in [0.1, 0.15) is 11.5 Å². The van der Waals surface area contributed by atoms with Gasteiger partial charge in [-0.05, 0) is 24.3 Å². The van der Waals surface area contributed by atoms with Crippen LogP contribution < -0.4 is 5.32 Å². The number of thiazole rings is 1. The molecule has 4 rings (SSSR count). The number of halogens is 1. The smallest absolute Gasteiger partial charge is 0.206 e. The van der Waals surface area contributed by atoms with E-state index in [-0.39, 0.29) is 0 Å². The van der Waals surface area contributed by atoms with Gasteiger partial charge in [0.1, 0.15) is 10.8 Å². The number of rotatable bonds is 7. The summed E-state index contributed by atoms with van der Waals surface area (Å²) in [6.07, 6.45) is 1.66. The predicted molar refractivity (Wildman–Crippen MR) is 108 cm³/mol. The molecule has 0 aliphatic carbocycles. The molecule has 4 aromatic rings. The summed E-state index contributed by atoms with van der Waals surface area (Å²) in [5.41, 5.74) is 2.11. The fourth-order valence-electron chi connectivity index (χ4n) is 2.15. The van der Waals surface area contributed by atoms with Gasteiger partial charge in [-0.3, -0.25) is 0 Å². The van der Waals surface area contributed by atoms with Crippen molar-refractivity contribution in [3.05, 3.63) is 64.5 Å². The van der Waals surface area contributed by atoms with Crippen LogP contribution in [0.3, 0.4) is 0 Å². The second-order valence-corrected chi connectivity index (χ2v) is 8.74. The lowest BCUT2D eigenvalue weighted by Gasteiger charge is -1.97. The van der Waals surface area contributed by atoms with Crippen molar-refractivity contribution in [1.82, 2.24) is 15.2 Å². The first kappa shape index (κ1) is 17.5. The first-order valence-corrected chi connectivity index (χ1v) is 10.7. The minimum atomic E-state index is 0.600. The molecule has 0 spiro atoms. The van der Waals surface area contributed by atoms with Gasteiger partial charge in [-0.1, -0.05) is 46.8 Å². The van der Waals surface area contributed by atoms with Crippen LogP contribution in [0, 0.1) is 0 Å². The molecule has 0 unspecified atom stereocenters. The number of nitrogens with one attached hydrogen (secondary N) is 1. The Hall–Kier alpha value is -1.87. The highest BCUT2D eigenvalue weighted by Crippen LogP contribution is 2.31. The summed E-state index contributed by atoms with van der Waals surface area (Å²) in [6, 6.07) is 11.5. The molecule has 0 saturated carbocycles. The van der Waals surface area contributed by atoms with Crippen molar-refractivity contribution in [3.8, 4) is 10.6 Å². The van der Waals surface area contributed by atoms with Gasteiger partial charge in [0.05, 0.1) is 18.5 Å². The van der Waals surface area contributed by atoms with Crippen LogP contribution in [0.2, 0.25) is 5.02 Å². The van der Waals surface area contributed by atoms with Gasteiger partial charge in [0.15, 0.2) is 4.34 Å². The molecule has 9 heteroatoms. The fraction of sp³-hybridized carbons (Fsp3) is 0.118. The zero-order chi connectivity index (χ0) is 17.8. The second-order valence-electron chi connectivity index (χ2n) is 5.25. The zero-order valence-corrected chi connectivity index (χ0v) is 16.6. The molecule has 0 aliphatic heterocycles. The topological polar surface area (TPSA) is 63.8 Å². The van der Waals surface area contributed by atoms with Crippen molar-refractivity contribution in [2.24, 2.45) is 0 Å². The maximum absolute atomic E-state index is 5.93. The van der Waals surface area contributed by atoms with Gasteiger partial charge in [-0.2, -0.15) is 0 Å². The predicted octanol–water partition coefficient (Wildman–Crippen LogP) is 5.81. The molecule has 1 N–H and O–H groups in total. The Balaban J connectivity index is 1.32. The number of benzene rings is 1. The van der Waals surface area contributed by atoms with Crippen LogP contribution in [0.15, 0.2) is 56.8 Å². The van der Waals surface area contributed by atoms with E-state index in [1.165, 1.54) is 11.3 Å². The third-order valence-corrected chi connectivity index (χ3v) is 6.63.